The van der Waals surface area contributed by atoms with Gasteiger partial charge in [-0.2, -0.15) is 0 Å². The minimum absolute atomic E-state index is 0. The summed E-state index contributed by atoms with van der Waals surface area (Å²) in [6.07, 6.45) is 0. The maximum absolute atomic E-state index is 10.0. The summed E-state index contributed by atoms with van der Waals surface area (Å²) in [4.78, 5) is 0. The molecular weight excluding hydrogens is 122 g/mol. The molecule has 0 aliphatic heterocycles. The standard InChI is InChI=1S/C4H7ClO2.Li/c1-2-7-4(6)3-5;/h3,6H,2H2,1H3;/q;+1/p-1/b4-3-;. The Kier molecular flexibility index (Phi) is 10.0. The summed E-state index contributed by atoms with van der Waals surface area (Å²) in [6.45, 7) is 2.10. The fourth-order valence-corrected chi connectivity index (χ4v) is 0.237. The molecule has 0 unspecified atom stereocenters. The van der Waals surface area contributed by atoms with E-state index in [9.17, 15) is 5.11 Å². The summed E-state index contributed by atoms with van der Waals surface area (Å²) in [5.74, 6) is -0.482. The number of ether oxygens (including phenoxy) is 1. The van der Waals surface area contributed by atoms with Crippen LogP contribution in [0.1, 0.15) is 6.92 Å². The van der Waals surface area contributed by atoms with Crippen LogP contribution in [0.25, 0.3) is 0 Å². The minimum atomic E-state index is -0.482. The third-order valence-corrected chi connectivity index (χ3v) is 0.554. The van der Waals surface area contributed by atoms with Crippen molar-refractivity contribution >= 4 is 11.6 Å². The zero-order chi connectivity index (χ0) is 5.70. The van der Waals surface area contributed by atoms with Crippen molar-refractivity contribution in [3.8, 4) is 0 Å². The molecule has 0 amide bonds. The predicted molar refractivity (Wildman–Crippen MR) is 25.6 cm³/mol. The quantitative estimate of drug-likeness (QED) is 0.302. The van der Waals surface area contributed by atoms with Crippen LogP contribution in [-0.4, -0.2) is 6.61 Å². The second kappa shape index (κ2) is 7.23. The zero-order valence-corrected chi connectivity index (χ0v) is 5.73. The fraction of sp³-hybridized carbons (Fsp3) is 0.500. The SMILES string of the molecule is CCO/C([O-])=C\Cl.[Li+]. The first-order valence-electron chi connectivity index (χ1n) is 1.91. The van der Waals surface area contributed by atoms with Gasteiger partial charge in [0, 0.05) is 5.54 Å². The average molecular weight is 128 g/mol. The molecule has 2 nitrogen and oxygen atoms in total. The zero-order valence-electron chi connectivity index (χ0n) is 4.98. The van der Waals surface area contributed by atoms with Crippen LogP contribution in [0.5, 0.6) is 0 Å². The Morgan fingerprint density at radius 1 is 1.88 bits per heavy atom. The van der Waals surface area contributed by atoms with Crippen molar-refractivity contribution in [1.29, 1.82) is 0 Å². The van der Waals surface area contributed by atoms with Gasteiger partial charge >= 0.3 is 18.9 Å². The Balaban J connectivity index is 0. The molecule has 0 N–H and O–H groups in total. The van der Waals surface area contributed by atoms with E-state index in [0.29, 0.717) is 6.61 Å². The molecule has 0 saturated carbocycles. The van der Waals surface area contributed by atoms with E-state index >= 15 is 0 Å². The molecule has 0 aromatic rings. The van der Waals surface area contributed by atoms with Crippen molar-refractivity contribution in [1.82, 2.24) is 0 Å². The van der Waals surface area contributed by atoms with Crippen LogP contribution < -0.4 is 24.0 Å². The number of hydrogen-bond acceptors (Lipinski definition) is 2. The predicted octanol–water partition coefficient (Wildman–Crippen LogP) is -2.58. The van der Waals surface area contributed by atoms with Gasteiger partial charge in [-0.1, -0.05) is 18.5 Å². The first kappa shape index (κ1) is 11.1. The molecule has 0 spiro atoms. The summed E-state index contributed by atoms with van der Waals surface area (Å²) in [5.41, 5.74) is 0.865. The molecule has 0 fully saturated rings. The first-order valence-corrected chi connectivity index (χ1v) is 2.35. The van der Waals surface area contributed by atoms with E-state index in [2.05, 4.69) is 4.74 Å². The second-order valence-corrected chi connectivity index (χ2v) is 1.08. The number of hydrogen-bond donors (Lipinski definition) is 0. The van der Waals surface area contributed by atoms with E-state index in [1.165, 1.54) is 0 Å². The van der Waals surface area contributed by atoms with Gasteiger partial charge in [0.05, 0.1) is 5.95 Å². The van der Waals surface area contributed by atoms with Gasteiger partial charge < -0.3 is 9.84 Å². The van der Waals surface area contributed by atoms with Crippen LogP contribution in [0.3, 0.4) is 0 Å². The molecule has 4 heteroatoms. The van der Waals surface area contributed by atoms with Gasteiger partial charge in [-0.25, -0.2) is 0 Å². The normalized spacial score (nSPS) is 10.0. The monoisotopic (exact) mass is 128 g/mol. The van der Waals surface area contributed by atoms with E-state index in [-0.39, 0.29) is 18.9 Å². The molecule has 0 aliphatic carbocycles. The van der Waals surface area contributed by atoms with Crippen LogP contribution in [0.2, 0.25) is 0 Å². The van der Waals surface area contributed by atoms with Gasteiger partial charge in [0.25, 0.3) is 0 Å². The van der Waals surface area contributed by atoms with Crippen molar-refractivity contribution in [2.75, 3.05) is 6.61 Å². The Bertz CT molecular complexity index is 74.4. The molecule has 0 heterocycles. The Hall–Kier alpha value is 0.227. The molecule has 0 aromatic carbocycles. The molecule has 0 aliphatic rings. The molecule has 8 heavy (non-hydrogen) atoms. The smallest absolute Gasteiger partial charge is 0.613 e. The van der Waals surface area contributed by atoms with Crippen LogP contribution in [-0.2, 0) is 4.74 Å². The van der Waals surface area contributed by atoms with Crippen molar-refractivity contribution in [3.05, 3.63) is 11.5 Å². The van der Waals surface area contributed by atoms with Gasteiger partial charge in [0.15, 0.2) is 0 Å². The Morgan fingerprint density at radius 3 is 2.50 bits per heavy atom. The van der Waals surface area contributed by atoms with Crippen LogP contribution >= 0.6 is 11.6 Å². The molecule has 0 radical (unpaired) electrons. The number of halogens is 1. The average Bonchev–Trinajstić information content (AvgIpc) is 1.68. The second-order valence-electron chi connectivity index (χ2n) is 0.861. The van der Waals surface area contributed by atoms with Gasteiger partial charge in [-0.3, -0.25) is 0 Å². The minimum Gasteiger partial charge on any atom is -0.613 e. The number of rotatable bonds is 2. The third kappa shape index (κ3) is 6.23. The fourth-order valence-electron chi connectivity index (χ4n) is 0.174. The van der Waals surface area contributed by atoms with Crippen LogP contribution in [0.4, 0.5) is 0 Å². The van der Waals surface area contributed by atoms with Gasteiger partial charge in [0.2, 0.25) is 0 Å². The summed E-state index contributed by atoms with van der Waals surface area (Å²) in [7, 11) is 0. The van der Waals surface area contributed by atoms with Gasteiger partial charge in [-0.15, -0.1) is 0 Å². The van der Waals surface area contributed by atoms with E-state index in [1.54, 1.807) is 6.92 Å². The third-order valence-electron chi connectivity index (χ3n) is 0.376. The first-order chi connectivity index (χ1) is 3.31. The van der Waals surface area contributed by atoms with E-state index in [1.807, 2.05) is 0 Å². The van der Waals surface area contributed by atoms with Gasteiger partial charge in [0.1, 0.15) is 0 Å². The summed E-state index contributed by atoms with van der Waals surface area (Å²) in [5, 5.41) is 10.0. The Morgan fingerprint density at radius 2 is 2.38 bits per heavy atom. The van der Waals surface area contributed by atoms with Crippen LogP contribution in [0.15, 0.2) is 11.5 Å². The summed E-state index contributed by atoms with van der Waals surface area (Å²) >= 11 is 4.93. The van der Waals surface area contributed by atoms with Gasteiger partial charge in [-0.05, 0) is 6.61 Å². The molecule has 0 rings (SSSR count). The molecule has 0 aromatic heterocycles. The summed E-state index contributed by atoms with van der Waals surface area (Å²) in [6, 6.07) is 0. The summed E-state index contributed by atoms with van der Waals surface area (Å²) < 4.78 is 4.36. The molecule has 0 atom stereocenters. The topological polar surface area (TPSA) is 32.3 Å². The van der Waals surface area contributed by atoms with Crippen molar-refractivity contribution in [2.24, 2.45) is 0 Å². The van der Waals surface area contributed by atoms with E-state index < -0.39 is 5.95 Å². The van der Waals surface area contributed by atoms with E-state index in [0.717, 1.165) is 5.54 Å². The maximum atomic E-state index is 10.0. The maximum Gasteiger partial charge on any atom is 1.00 e. The largest absolute Gasteiger partial charge is 1.00 e. The Labute approximate surface area is 65.7 Å². The molecular formula is C4H6ClLiO2. The van der Waals surface area contributed by atoms with Crippen molar-refractivity contribution < 1.29 is 28.7 Å². The van der Waals surface area contributed by atoms with E-state index in [4.69, 9.17) is 11.6 Å². The molecule has 42 valence electrons. The van der Waals surface area contributed by atoms with Crippen molar-refractivity contribution in [3.63, 3.8) is 0 Å². The molecule has 0 bridgehead atoms. The van der Waals surface area contributed by atoms with Crippen LogP contribution in [0, 0.1) is 0 Å². The van der Waals surface area contributed by atoms with Crippen molar-refractivity contribution in [2.45, 2.75) is 6.92 Å². The molecule has 0 saturated heterocycles.